The number of carbonyl (C=O) groups excluding carboxylic acids is 3. The number of sulfonamides is 1. The molecule has 2 aromatic rings. The number of nitrogens with zero attached hydrogens (tertiary/aromatic N) is 2. The molecule has 0 unspecified atom stereocenters. The third kappa shape index (κ3) is 5.68. The molecule has 0 saturated heterocycles. The number of amides is 2. The van der Waals surface area contributed by atoms with Crippen LogP contribution in [0.25, 0.3) is 0 Å². The summed E-state index contributed by atoms with van der Waals surface area (Å²) in [6.45, 7) is 1.37. The molecule has 2 aromatic carbocycles. The number of carbonyl (C=O) groups is 3. The molecule has 0 saturated carbocycles. The van der Waals surface area contributed by atoms with E-state index in [1.54, 1.807) is 24.3 Å². The summed E-state index contributed by atoms with van der Waals surface area (Å²) in [5.74, 6) is -0.995. The minimum absolute atomic E-state index is 0.0189. The van der Waals surface area contributed by atoms with Crippen molar-refractivity contribution in [1.29, 1.82) is 0 Å². The lowest BCUT2D eigenvalue weighted by Gasteiger charge is -2.29. The second-order valence-electron chi connectivity index (χ2n) is 7.49. The van der Waals surface area contributed by atoms with Crippen molar-refractivity contribution in [3.63, 3.8) is 0 Å². The first-order chi connectivity index (χ1) is 15.6. The van der Waals surface area contributed by atoms with Gasteiger partial charge < -0.3 is 19.7 Å². The summed E-state index contributed by atoms with van der Waals surface area (Å²) in [5.41, 5.74) is 0.821. The number of hydrogen-bond acceptors (Lipinski definition) is 7. The summed E-state index contributed by atoms with van der Waals surface area (Å²) in [5, 5.41) is 2.54. The van der Waals surface area contributed by atoms with Crippen LogP contribution in [0.15, 0.2) is 53.4 Å². The quantitative estimate of drug-likeness (QED) is 0.576. The van der Waals surface area contributed by atoms with Crippen molar-refractivity contribution in [3.8, 4) is 5.75 Å². The molecule has 0 radical (unpaired) electrons. The van der Waals surface area contributed by atoms with Gasteiger partial charge in [0.15, 0.2) is 12.7 Å². The highest BCUT2D eigenvalue weighted by Gasteiger charge is 2.26. The van der Waals surface area contributed by atoms with Gasteiger partial charge in [-0.15, -0.1) is 0 Å². The number of nitrogens with one attached hydrogen (secondary N) is 1. The third-order valence-corrected chi connectivity index (χ3v) is 6.72. The molecule has 1 aliphatic rings. The summed E-state index contributed by atoms with van der Waals surface area (Å²) >= 11 is 0. The Morgan fingerprint density at radius 2 is 1.91 bits per heavy atom. The Labute approximate surface area is 192 Å². The Kier molecular flexibility index (Phi) is 7.34. The third-order valence-electron chi connectivity index (χ3n) is 4.91. The maximum atomic E-state index is 12.4. The lowest BCUT2D eigenvalue weighted by atomic mass is 10.2. The van der Waals surface area contributed by atoms with Crippen molar-refractivity contribution in [2.75, 3.05) is 37.5 Å². The van der Waals surface area contributed by atoms with E-state index < -0.39 is 28.0 Å². The molecule has 0 spiro atoms. The zero-order valence-corrected chi connectivity index (χ0v) is 19.3. The first kappa shape index (κ1) is 24.2. The standard InChI is InChI=1S/C22H25N3O7S/c1-15(22(28)23-16-7-6-8-17(13-16)33(29,30)24(2)3)32-21(27)11-12-25-18-9-4-5-10-19(18)31-14-20(25)26/h4-10,13,15H,11-12,14H2,1-3H3,(H,23,28)/t15-/m0/s1. The van der Waals surface area contributed by atoms with Gasteiger partial charge in [-0.1, -0.05) is 18.2 Å². The van der Waals surface area contributed by atoms with Crippen molar-refractivity contribution >= 4 is 39.2 Å². The summed E-state index contributed by atoms with van der Waals surface area (Å²) in [4.78, 5) is 38.4. The second-order valence-corrected chi connectivity index (χ2v) is 9.64. The Balaban J connectivity index is 1.56. The minimum Gasteiger partial charge on any atom is -0.482 e. The summed E-state index contributed by atoms with van der Waals surface area (Å²) in [7, 11) is -0.847. The first-order valence-electron chi connectivity index (χ1n) is 10.1. The molecule has 1 atom stereocenters. The molecular formula is C22H25N3O7S. The van der Waals surface area contributed by atoms with E-state index in [2.05, 4.69) is 5.32 Å². The van der Waals surface area contributed by atoms with E-state index in [4.69, 9.17) is 9.47 Å². The smallest absolute Gasteiger partial charge is 0.308 e. The van der Waals surface area contributed by atoms with E-state index in [1.807, 2.05) is 0 Å². The maximum Gasteiger partial charge on any atom is 0.308 e. The molecule has 2 amide bonds. The molecule has 1 N–H and O–H groups in total. The van der Waals surface area contributed by atoms with Crippen molar-refractivity contribution < 1.29 is 32.3 Å². The zero-order valence-electron chi connectivity index (χ0n) is 18.5. The summed E-state index contributed by atoms with van der Waals surface area (Å²) in [6.07, 6.45) is -1.24. The monoisotopic (exact) mass is 475 g/mol. The van der Waals surface area contributed by atoms with Crippen LogP contribution in [0, 0.1) is 0 Å². The fourth-order valence-corrected chi connectivity index (χ4v) is 4.05. The fraction of sp³-hybridized carbons (Fsp3) is 0.318. The van der Waals surface area contributed by atoms with Crippen LogP contribution in [0.2, 0.25) is 0 Å². The van der Waals surface area contributed by atoms with Gasteiger partial charge in [0.1, 0.15) is 5.75 Å². The van der Waals surface area contributed by atoms with Crippen molar-refractivity contribution in [2.24, 2.45) is 0 Å². The first-order valence-corrected chi connectivity index (χ1v) is 11.6. The fourth-order valence-electron chi connectivity index (χ4n) is 3.10. The van der Waals surface area contributed by atoms with Gasteiger partial charge in [-0.25, -0.2) is 12.7 Å². The molecule has 0 aromatic heterocycles. The van der Waals surface area contributed by atoms with E-state index in [-0.39, 0.29) is 36.1 Å². The van der Waals surface area contributed by atoms with Gasteiger partial charge in [0, 0.05) is 26.3 Å². The van der Waals surface area contributed by atoms with Crippen LogP contribution in [0.5, 0.6) is 5.75 Å². The van der Waals surface area contributed by atoms with Crippen LogP contribution >= 0.6 is 0 Å². The number of benzene rings is 2. The molecule has 176 valence electrons. The number of ether oxygens (including phenoxy) is 2. The molecule has 0 fully saturated rings. The van der Waals surface area contributed by atoms with E-state index in [0.29, 0.717) is 11.4 Å². The van der Waals surface area contributed by atoms with Crippen molar-refractivity contribution in [3.05, 3.63) is 48.5 Å². The topological polar surface area (TPSA) is 122 Å². The lowest BCUT2D eigenvalue weighted by Crippen LogP contribution is -2.40. The highest BCUT2D eigenvalue weighted by molar-refractivity contribution is 7.89. The van der Waals surface area contributed by atoms with Crippen LogP contribution in [-0.4, -0.2) is 63.9 Å². The molecule has 33 heavy (non-hydrogen) atoms. The number of hydrogen-bond donors (Lipinski definition) is 1. The maximum absolute atomic E-state index is 12.4. The highest BCUT2D eigenvalue weighted by atomic mass is 32.2. The average Bonchev–Trinajstić information content (AvgIpc) is 2.78. The number of para-hydroxylation sites is 2. The average molecular weight is 476 g/mol. The van der Waals surface area contributed by atoms with Crippen LogP contribution in [-0.2, 0) is 29.1 Å². The van der Waals surface area contributed by atoms with E-state index >= 15 is 0 Å². The summed E-state index contributed by atoms with van der Waals surface area (Å²) < 4.78 is 36.1. The molecule has 0 bridgehead atoms. The van der Waals surface area contributed by atoms with Gasteiger partial charge in [-0.05, 0) is 37.3 Å². The predicted octanol–water partition coefficient (Wildman–Crippen LogP) is 1.62. The predicted molar refractivity (Wildman–Crippen MR) is 120 cm³/mol. The Morgan fingerprint density at radius 1 is 1.18 bits per heavy atom. The molecule has 0 aliphatic carbocycles. The molecule has 10 nitrogen and oxygen atoms in total. The lowest BCUT2D eigenvalue weighted by molar-refractivity contribution is -0.153. The van der Waals surface area contributed by atoms with E-state index in [1.165, 1.54) is 50.2 Å². The number of rotatable bonds is 8. The van der Waals surface area contributed by atoms with Crippen LogP contribution < -0.4 is 15.0 Å². The molecule has 3 rings (SSSR count). The van der Waals surface area contributed by atoms with Crippen molar-refractivity contribution in [2.45, 2.75) is 24.3 Å². The van der Waals surface area contributed by atoms with Crippen LogP contribution in [0.3, 0.4) is 0 Å². The van der Waals surface area contributed by atoms with E-state index in [0.717, 1.165) is 4.31 Å². The molecular weight excluding hydrogens is 450 g/mol. The molecule has 1 heterocycles. The van der Waals surface area contributed by atoms with Gasteiger partial charge >= 0.3 is 5.97 Å². The van der Waals surface area contributed by atoms with Crippen LogP contribution in [0.4, 0.5) is 11.4 Å². The van der Waals surface area contributed by atoms with Gasteiger partial charge in [0.25, 0.3) is 11.8 Å². The van der Waals surface area contributed by atoms with Crippen molar-refractivity contribution in [1.82, 2.24) is 4.31 Å². The van der Waals surface area contributed by atoms with Gasteiger partial charge in [0.05, 0.1) is 17.0 Å². The highest BCUT2D eigenvalue weighted by Crippen LogP contribution is 2.31. The zero-order chi connectivity index (χ0) is 24.2. The van der Waals surface area contributed by atoms with Gasteiger partial charge in [-0.3, -0.25) is 14.4 Å². The normalized spacial score (nSPS) is 14.3. The number of anilines is 2. The minimum atomic E-state index is -3.66. The van der Waals surface area contributed by atoms with Gasteiger partial charge in [0.2, 0.25) is 10.0 Å². The SMILES string of the molecule is C[C@H](OC(=O)CCN1C(=O)COc2ccccc21)C(=O)Nc1cccc(S(=O)(=O)N(C)C)c1. The Bertz CT molecular complexity index is 1160. The molecule has 11 heteroatoms. The molecule has 1 aliphatic heterocycles. The van der Waals surface area contributed by atoms with Crippen LogP contribution in [0.1, 0.15) is 13.3 Å². The Morgan fingerprint density at radius 3 is 2.64 bits per heavy atom. The number of esters is 1. The Hall–Kier alpha value is -3.44. The second kappa shape index (κ2) is 10.0. The largest absolute Gasteiger partial charge is 0.482 e. The number of fused-ring (bicyclic) bond motifs is 1. The summed E-state index contributed by atoms with van der Waals surface area (Å²) in [6, 6.07) is 12.8. The van der Waals surface area contributed by atoms with Gasteiger partial charge in [-0.2, -0.15) is 0 Å². The van der Waals surface area contributed by atoms with E-state index in [9.17, 15) is 22.8 Å².